The fourth-order valence-electron chi connectivity index (χ4n) is 3.78. The third-order valence-electron chi connectivity index (χ3n) is 5.33. The molecule has 1 saturated heterocycles. The standard InChI is InChI=1S/C22H26N4O3/c1-15-14-18(20-16(2)25-29-22(20)23-15)21(27)24-19(17-6-4-3-5-7-17)8-9-26-10-12-28-13-11-26/h3-7,14,19H,8-13H2,1-2H3,(H,24,27)/t19-/m1/s1. The molecule has 152 valence electrons. The monoisotopic (exact) mass is 394 g/mol. The number of aryl methyl sites for hydroxylation is 2. The number of nitrogens with one attached hydrogen (secondary N) is 1. The molecule has 1 fully saturated rings. The predicted octanol–water partition coefficient (Wildman–Crippen LogP) is 3.03. The number of carbonyl (C=O) groups is 1. The van der Waals surface area contributed by atoms with Crippen LogP contribution in [0.25, 0.3) is 11.1 Å². The second-order valence-electron chi connectivity index (χ2n) is 7.44. The molecule has 0 saturated carbocycles. The van der Waals surface area contributed by atoms with E-state index < -0.39 is 0 Å². The van der Waals surface area contributed by atoms with Crippen molar-refractivity contribution in [3.8, 4) is 0 Å². The van der Waals surface area contributed by atoms with E-state index in [9.17, 15) is 4.79 Å². The molecular formula is C22H26N4O3. The van der Waals surface area contributed by atoms with E-state index in [-0.39, 0.29) is 11.9 Å². The molecule has 1 N–H and O–H groups in total. The molecule has 2 aromatic heterocycles. The Hall–Kier alpha value is -2.77. The quantitative estimate of drug-likeness (QED) is 0.692. The van der Waals surface area contributed by atoms with Crippen molar-refractivity contribution in [1.82, 2.24) is 20.4 Å². The molecule has 3 aromatic rings. The average Bonchev–Trinajstić information content (AvgIpc) is 3.12. The number of amides is 1. The molecule has 3 heterocycles. The lowest BCUT2D eigenvalue weighted by Gasteiger charge is -2.29. The summed E-state index contributed by atoms with van der Waals surface area (Å²) < 4.78 is 10.7. The fourth-order valence-corrected chi connectivity index (χ4v) is 3.78. The van der Waals surface area contributed by atoms with Crippen LogP contribution >= 0.6 is 0 Å². The Morgan fingerprint density at radius 1 is 1.21 bits per heavy atom. The summed E-state index contributed by atoms with van der Waals surface area (Å²) in [5.74, 6) is -0.136. The minimum atomic E-state index is -0.136. The molecule has 0 unspecified atom stereocenters. The van der Waals surface area contributed by atoms with Crippen LogP contribution in [0, 0.1) is 13.8 Å². The molecule has 1 amide bonds. The van der Waals surface area contributed by atoms with Gasteiger partial charge in [-0.25, -0.2) is 4.98 Å². The van der Waals surface area contributed by atoms with Crippen molar-refractivity contribution in [2.75, 3.05) is 32.8 Å². The molecule has 1 aromatic carbocycles. The third kappa shape index (κ3) is 4.46. The van der Waals surface area contributed by atoms with Crippen LogP contribution in [0.15, 0.2) is 40.9 Å². The Morgan fingerprint density at radius 3 is 2.72 bits per heavy atom. The summed E-state index contributed by atoms with van der Waals surface area (Å²) in [5, 5.41) is 7.88. The second kappa shape index (κ2) is 8.71. The third-order valence-corrected chi connectivity index (χ3v) is 5.33. The highest BCUT2D eigenvalue weighted by atomic mass is 16.5. The van der Waals surface area contributed by atoms with Crippen molar-refractivity contribution in [3.63, 3.8) is 0 Å². The molecular weight excluding hydrogens is 368 g/mol. The highest BCUT2D eigenvalue weighted by Crippen LogP contribution is 2.24. The highest BCUT2D eigenvalue weighted by molar-refractivity contribution is 6.06. The van der Waals surface area contributed by atoms with Crippen LogP contribution < -0.4 is 5.32 Å². The Balaban J connectivity index is 1.57. The van der Waals surface area contributed by atoms with Gasteiger partial charge >= 0.3 is 0 Å². The summed E-state index contributed by atoms with van der Waals surface area (Å²) in [6.45, 7) is 7.97. The molecule has 1 aliphatic rings. The lowest BCUT2D eigenvalue weighted by Crippen LogP contribution is -2.39. The van der Waals surface area contributed by atoms with Gasteiger partial charge in [-0.2, -0.15) is 0 Å². The predicted molar refractivity (Wildman–Crippen MR) is 110 cm³/mol. The molecule has 0 spiro atoms. The summed E-state index contributed by atoms with van der Waals surface area (Å²) >= 11 is 0. The van der Waals surface area contributed by atoms with Gasteiger partial charge in [-0.15, -0.1) is 0 Å². The Labute approximate surface area is 170 Å². The highest BCUT2D eigenvalue weighted by Gasteiger charge is 2.22. The maximum absolute atomic E-state index is 13.3. The molecule has 1 atom stereocenters. The number of morpholine rings is 1. The Kier molecular flexibility index (Phi) is 5.87. The molecule has 1 aliphatic heterocycles. The SMILES string of the molecule is Cc1cc(C(=O)N[C@H](CCN2CCOCC2)c2ccccc2)c2c(C)noc2n1. The minimum Gasteiger partial charge on any atom is -0.379 e. The van der Waals surface area contributed by atoms with E-state index in [1.165, 1.54) is 0 Å². The summed E-state index contributed by atoms with van der Waals surface area (Å²) in [6, 6.07) is 11.8. The van der Waals surface area contributed by atoms with E-state index in [1.807, 2.05) is 32.0 Å². The molecule has 7 nitrogen and oxygen atoms in total. The topological polar surface area (TPSA) is 80.5 Å². The van der Waals surface area contributed by atoms with Gasteiger partial charge in [0.2, 0.25) is 0 Å². The maximum atomic E-state index is 13.3. The van der Waals surface area contributed by atoms with E-state index in [2.05, 4.69) is 32.5 Å². The molecule has 0 radical (unpaired) electrons. The van der Waals surface area contributed by atoms with Crippen LogP contribution in [0.4, 0.5) is 0 Å². The van der Waals surface area contributed by atoms with Crippen LogP contribution in [0.1, 0.15) is 39.8 Å². The van der Waals surface area contributed by atoms with Crippen molar-refractivity contribution in [2.45, 2.75) is 26.3 Å². The zero-order valence-electron chi connectivity index (χ0n) is 16.9. The van der Waals surface area contributed by atoms with E-state index in [4.69, 9.17) is 9.26 Å². The van der Waals surface area contributed by atoms with Gasteiger partial charge in [0.05, 0.1) is 35.9 Å². The van der Waals surface area contributed by atoms with E-state index in [1.54, 1.807) is 6.07 Å². The number of fused-ring (bicyclic) bond motifs is 1. The van der Waals surface area contributed by atoms with Gasteiger partial charge in [-0.05, 0) is 31.9 Å². The molecule has 7 heteroatoms. The average molecular weight is 394 g/mol. The number of ether oxygens (including phenoxy) is 1. The largest absolute Gasteiger partial charge is 0.379 e. The van der Waals surface area contributed by atoms with Gasteiger partial charge in [0.1, 0.15) is 0 Å². The van der Waals surface area contributed by atoms with Gasteiger partial charge in [0.15, 0.2) is 0 Å². The maximum Gasteiger partial charge on any atom is 0.258 e. The number of pyridine rings is 1. The van der Waals surface area contributed by atoms with Crippen LogP contribution in [0.5, 0.6) is 0 Å². The molecule has 0 aliphatic carbocycles. The summed E-state index contributed by atoms with van der Waals surface area (Å²) in [7, 11) is 0. The summed E-state index contributed by atoms with van der Waals surface area (Å²) in [6.07, 6.45) is 0.825. The first-order valence-electron chi connectivity index (χ1n) is 10.0. The molecule has 0 bridgehead atoms. The second-order valence-corrected chi connectivity index (χ2v) is 7.44. The summed E-state index contributed by atoms with van der Waals surface area (Å²) in [5.41, 5.74) is 3.44. The van der Waals surface area contributed by atoms with Crippen molar-refractivity contribution in [2.24, 2.45) is 0 Å². The van der Waals surface area contributed by atoms with Crippen LogP contribution in [-0.2, 0) is 4.74 Å². The Bertz CT molecular complexity index is 980. The van der Waals surface area contributed by atoms with Crippen LogP contribution in [0.3, 0.4) is 0 Å². The fraction of sp³-hybridized carbons (Fsp3) is 0.409. The number of benzene rings is 1. The zero-order valence-corrected chi connectivity index (χ0v) is 16.9. The lowest BCUT2D eigenvalue weighted by molar-refractivity contribution is 0.0360. The van der Waals surface area contributed by atoms with E-state index in [0.717, 1.165) is 50.5 Å². The first-order chi connectivity index (χ1) is 14.1. The number of carbonyl (C=O) groups excluding carboxylic acids is 1. The first-order valence-corrected chi connectivity index (χ1v) is 10.0. The number of hydrogen-bond donors (Lipinski definition) is 1. The van der Waals surface area contributed by atoms with Gasteiger partial charge in [0.25, 0.3) is 11.6 Å². The first kappa shape index (κ1) is 19.5. The number of nitrogens with zero attached hydrogens (tertiary/aromatic N) is 3. The van der Waals surface area contributed by atoms with E-state index in [0.29, 0.717) is 22.4 Å². The molecule has 29 heavy (non-hydrogen) atoms. The van der Waals surface area contributed by atoms with Gasteiger partial charge in [0, 0.05) is 25.3 Å². The van der Waals surface area contributed by atoms with Gasteiger partial charge in [-0.3, -0.25) is 9.69 Å². The summed E-state index contributed by atoms with van der Waals surface area (Å²) in [4.78, 5) is 20.0. The van der Waals surface area contributed by atoms with Gasteiger partial charge in [-0.1, -0.05) is 35.5 Å². The lowest BCUT2D eigenvalue weighted by atomic mass is 10.0. The number of aromatic nitrogens is 2. The minimum absolute atomic E-state index is 0.0877. The van der Waals surface area contributed by atoms with E-state index >= 15 is 0 Å². The van der Waals surface area contributed by atoms with Gasteiger partial charge < -0.3 is 14.6 Å². The smallest absolute Gasteiger partial charge is 0.258 e. The van der Waals surface area contributed by atoms with Crippen molar-refractivity contribution in [1.29, 1.82) is 0 Å². The Morgan fingerprint density at radius 2 is 1.97 bits per heavy atom. The van der Waals surface area contributed by atoms with Crippen molar-refractivity contribution < 1.29 is 14.1 Å². The number of hydrogen-bond acceptors (Lipinski definition) is 6. The van der Waals surface area contributed by atoms with Crippen LogP contribution in [0.2, 0.25) is 0 Å². The van der Waals surface area contributed by atoms with Crippen molar-refractivity contribution >= 4 is 17.0 Å². The van der Waals surface area contributed by atoms with Crippen molar-refractivity contribution in [3.05, 3.63) is 58.9 Å². The number of rotatable bonds is 6. The zero-order chi connectivity index (χ0) is 20.2. The normalized spacial score (nSPS) is 16.1. The molecule has 4 rings (SSSR count). The van der Waals surface area contributed by atoms with Crippen LogP contribution in [-0.4, -0.2) is 53.8 Å².